The number of ether oxygens (including phenoxy) is 1. The summed E-state index contributed by atoms with van der Waals surface area (Å²) in [4.78, 5) is 14.8. The number of likely N-dealkylation sites (tertiary alicyclic amines) is 1. The molecule has 0 radical (unpaired) electrons. The number of hydrogen-bond donors (Lipinski definition) is 1. The first-order chi connectivity index (χ1) is 11.4. The maximum atomic E-state index is 12.9. The number of aliphatic hydroxyl groups excluding tert-OH is 1. The summed E-state index contributed by atoms with van der Waals surface area (Å²) in [5.74, 6) is 0.577. The molecule has 2 fully saturated rings. The molecule has 24 heavy (non-hydrogen) atoms. The molecule has 1 saturated carbocycles. The summed E-state index contributed by atoms with van der Waals surface area (Å²) in [7, 11) is 0. The highest BCUT2D eigenvalue weighted by Crippen LogP contribution is 2.51. The van der Waals surface area contributed by atoms with Crippen molar-refractivity contribution >= 4 is 5.91 Å². The van der Waals surface area contributed by atoms with E-state index in [-0.39, 0.29) is 29.4 Å². The SMILES string of the molecule is CCOC1CC(O)C12CCN(C(=O)C(C)c1c(C)noc1C)CC2. The molecule has 1 aliphatic carbocycles. The zero-order valence-electron chi connectivity index (χ0n) is 15.0. The van der Waals surface area contributed by atoms with Gasteiger partial charge in [0.05, 0.1) is 23.8 Å². The van der Waals surface area contributed by atoms with Crippen LogP contribution in [0, 0.1) is 19.3 Å². The highest BCUT2D eigenvalue weighted by molar-refractivity contribution is 5.84. The van der Waals surface area contributed by atoms with Gasteiger partial charge >= 0.3 is 0 Å². The van der Waals surface area contributed by atoms with E-state index in [1.165, 1.54) is 0 Å². The van der Waals surface area contributed by atoms with Gasteiger partial charge in [-0.3, -0.25) is 4.79 Å². The summed E-state index contributed by atoms with van der Waals surface area (Å²) >= 11 is 0. The highest BCUT2D eigenvalue weighted by atomic mass is 16.5. The minimum Gasteiger partial charge on any atom is -0.392 e. The van der Waals surface area contributed by atoms with Crippen molar-refractivity contribution in [3.8, 4) is 0 Å². The summed E-state index contributed by atoms with van der Waals surface area (Å²) in [6, 6.07) is 0. The van der Waals surface area contributed by atoms with Crippen molar-refractivity contribution in [1.29, 1.82) is 0 Å². The van der Waals surface area contributed by atoms with Gasteiger partial charge in [-0.05, 0) is 40.5 Å². The first kappa shape index (κ1) is 17.4. The Morgan fingerprint density at radius 2 is 2.12 bits per heavy atom. The summed E-state index contributed by atoms with van der Waals surface area (Å²) < 4.78 is 11.0. The standard InChI is InChI=1S/C18H28N2O4/c1-5-23-15-10-14(21)18(15)6-8-20(9-7-18)17(22)11(2)16-12(3)19-24-13(16)4/h11,14-15,21H,5-10H2,1-4H3. The lowest BCUT2D eigenvalue weighted by Gasteiger charge is -2.56. The zero-order chi connectivity index (χ0) is 17.5. The van der Waals surface area contributed by atoms with Crippen LogP contribution in [0.5, 0.6) is 0 Å². The third-order valence-electron chi connectivity index (χ3n) is 6.01. The van der Waals surface area contributed by atoms with E-state index in [9.17, 15) is 9.90 Å². The second-order valence-corrected chi connectivity index (χ2v) is 7.21. The molecule has 0 bridgehead atoms. The van der Waals surface area contributed by atoms with Crippen molar-refractivity contribution in [2.75, 3.05) is 19.7 Å². The molecule has 1 aromatic heterocycles. The smallest absolute Gasteiger partial charge is 0.230 e. The van der Waals surface area contributed by atoms with Crippen LogP contribution in [0.3, 0.4) is 0 Å². The first-order valence-electron chi connectivity index (χ1n) is 8.92. The normalized spacial score (nSPS) is 27.1. The van der Waals surface area contributed by atoms with Gasteiger partial charge in [0.2, 0.25) is 5.91 Å². The van der Waals surface area contributed by atoms with E-state index >= 15 is 0 Å². The number of aromatic nitrogens is 1. The van der Waals surface area contributed by atoms with E-state index in [1.807, 2.05) is 32.6 Å². The van der Waals surface area contributed by atoms with Crippen molar-refractivity contribution in [3.63, 3.8) is 0 Å². The maximum absolute atomic E-state index is 12.9. The average molecular weight is 336 g/mol. The van der Waals surface area contributed by atoms with Crippen molar-refractivity contribution in [2.45, 2.75) is 65.1 Å². The number of carbonyl (C=O) groups excluding carboxylic acids is 1. The molecular formula is C18H28N2O4. The fourth-order valence-corrected chi connectivity index (χ4v) is 4.47. The molecule has 6 heteroatoms. The van der Waals surface area contributed by atoms with Gasteiger partial charge in [0.1, 0.15) is 5.76 Å². The number of hydrogen-bond acceptors (Lipinski definition) is 5. The molecule has 0 aromatic carbocycles. The summed E-state index contributed by atoms with van der Waals surface area (Å²) in [6.07, 6.45) is 2.16. The second-order valence-electron chi connectivity index (χ2n) is 7.21. The topological polar surface area (TPSA) is 75.8 Å². The Morgan fingerprint density at radius 3 is 2.62 bits per heavy atom. The lowest BCUT2D eigenvalue weighted by atomic mass is 9.58. The van der Waals surface area contributed by atoms with Gasteiger partial charge in [-0.2, -0.15) is 0 Å². The van der Waals surface area contributed by atoms with Crippen molar-refractivity contribution in [3.05, 3.63) is 17.0 Å². The van der Waals surface area contributed by atoms with Crippen molar-refractivity contribution < 1.29 is 19.2 Å². The van der Waals surface area contributed by atoms with E-state index in [2.05, 4.69) is 5.16 Å². The third-order valence-corrected chi connectivity index (χ3v) is 6.01. The molecule has 6 nitrogen and oxygen atoms in total. The molecule has 1 aromatic rings. The van der Waals surface area contributed by atoms with Gasteiger partial charge in [0, 0.05) is 37.1 Å². The number of amides is 1. The highest BCUT2D eigenvalue weighted by Gasteiger charge is 2.56. The molecule has 1 aliphatic heterocycles. The van der Waals surface area contributed by atoms with Crippen LogP contribution in [0.1, 0.15) is 56.0 Å². The third kappa shape index (κ3) is 2.65. The average Bonchev–Trinajstić information content (AvgIpc) is 2.92. The molecular weight excluding hydrogens is 308 g/mol. The summed E-state index contributed by atoms with van der Waals surface area (Å²) in [5.41, 5.74) is 1.53. The minimum absolute atomic E-state index is 0.112. The maximum Gasteiger partial charge on any atom is 0.230 e. The zero-order valence-corrected chi connectivity index (χ0v) is 15.0. The molecule has 3 unspecified atom stereocenters. The Bertz CT molecular complexity index is 583. The lowest BCUT2D eigenvalue weighted by molar-refractivity contribution is -0.210. The summed E-state index contributed by atoms with van der Waals surface area (Å²) in [5, 5.41) is 14.2. The van der Waals surface area contributed by atoms with Crippen LogP contribution in [0.15, 0.2) is 4.52 Å². The van der Waals surface area contributed by atoms with Gasteiger partial charge < -0.3 is 19.3 Å². The van der Waals surface area contributed by atoms with E-state index in [4.69, 9.17) is 9.26 Å². The first-order valence-corrected chi connectivity index (χ1v) is 8.92. The van der Waals surface area contributed by atoms with E-state index in [1.54, 1.807) is 0 Å². The fourth-order valence-electron chi connectivity index (χ4n) is 4.47. The van der Waals surface area contributed by atoms with Crippen LogP contribution in [-0.4, -0.2) is 53.0 Å². The van der Waals surface area contributed by atoms with Crippen molar-refractivity contribution in [2.24, 2.45) is 5.41 Å². The van der Waals surface area contributed by atoms with Gasteiger partial charge in [0.25, 0.3) is 0 Å². The van der Waals surface area contributed by atoms with Crippen molar-refractivity contribution in [1.82, 2.24) is 10.1 Å². The summed E-state index contributed by atoms with van der Waals surface area (Å²) in [6.45, 7) is 9.65. The number of piperidine rings is 1. The van der Waals surface area contributed by atoms with Gasteiger partial charge in [-0.25, -0.2) is 0 Å². The predicted molar refractivity (Wildman–Crippen MR) is 88.7 cm³/mol. The Morgan fingerprint density at radius 1 is 1.46 bits per heavy atom. The Hall–Kier alpha value is -1.40. The number of carbonyl (C=O) groups is 1. The lowest BCUT2D eigenvalue weighted by Crippen LogP contribution is -2.62. The Labute approximate surface area is 143 Å². The van der Waals surface area contributed by atoms with Crippen LogP contribution < -0.4 is 0 Å². The van der Waals surface area contributed by atoms with Gasteiger partial charge in [0.15, 0.2) is 0 Å². The second kappa shape index (κ2) is 6.48. The number of nitrogens with zero attached hydrogens (tertiary/aromatic N) is 2. The molecule has 1 spiro atoms. The molecule has 1 amide bonds. The molecule has 1 N–H and O–H groups in total. The van der Waals surface area contributed by atoms with E-state index < -0.39 is 0 Å². The van der Waals surface area contributed by atoms with Crippen LogP contribution >= 0.6 is 0 Å². The molecule has 134 valence electrons. The Kier molecular flexibility index (Phi) is 4.71. The number of rotatable bonds is 4. The molecule has 1 saturated heterocycles. The van der Waals surface area contributed by atoms with Crippen LogP contribution in [0.2, 0.25) is 0 Å². The van der Waals surface area contributed by atoms with Crippen LogP contribution in [-0.2, 0) is 9.53 Å². The molecule has 3 rings (SSSR count). The van der Waals surface area contributed by atoms with Gasteiger partial charge in [-0.1, -0.05) is 5.16 Å². The quantitative estimate of drug-likeness (QED) is 0.912. The van der Waals surface area contributed by atoms with E-state index in [0.717, 1.165) is 30.5 Å². The molecule has 3 atom stereocenters. The largest absolute Gasteiger partial charge is 0.392 e. The Balaban J connectivity index is 1.65. The number of aliphatic hydroxyl groups is 1. The predicted octanol–water partition coefficient (Wildman–Crippen LogP) is 2.17. The van der Waals surface area contributed by atoms with E-state index in [0.29, 0.717) is 25.5 Å². The molecule has 2 heterocycles. The van der Waals surface area contributed by atoms with Crippen LogP contribution in [0.4, 0.5) is 0 Å². The van der Waals surface area contributed by atoms with Crippen LogP contribution in [0.25, 0.3) is 0 Å². The molecule has 2 aliphatic rings. The number of aryl methyl sites for hydroxylation is 2. The van der Waals surface area contributed by atoms with Gasteiger partial charge in [-0.15, -0.1) is 0 Å². The monoisotopic (exact) mass is 336 g/mol. The minimum atomic E-state index is -0.300. The fraction of sp³-hybridized carbons (Fsp3) is 0.778.